The standard InChI is InChI=1S/C39H80O/c1-3-5-7-9-11-13-15-17-19-21-23-25-27-29-31-33-35-37-39-40-38-36-34-32-30-28-26-24-22-20-18-16-14-12-10-8-6-4-2/h3-39H2,1-2H3. The minimum Gasteiger partial charge on any atom is -0.381 e. The molecule has 0 aliphatic rings. The second-order valence-corrected chi connectivity index (χ2v) is 13.3. The van der Waals surface area contributed by atoms with Gasteiger partial charge in [0.1, 0.15) is 0 Å². The maximum absolute atomic E-state index is 5.89. The summed E-state index contributed by atoms with van der Waals surface area (Å²) in [5, 5.41) is 0. The average Bonchev–Trinajstić information content (AvgIpc) is 2.97. The highest BCUT2D eigenvalue weighted by Crippen LogP contribution is 2.16. The molecular formula is C39H80O. The van der Waals surface area contributed by atoms with Gasteiger partial charge in [-0.1, -0.05) is 226 Å². The fourth-order valence-corrected chi connectivity index (χ4v) is 6.14. The van der Waals surface area contributed by atoms with Gasteiger partial charge < -0.3 is 4.74 Å². The van der Waals surface area contributed by atoms with Gasteiger partial charge in [0, 0.05) is 13.2 Å². The summed E-state index contributed by atoms with van der Waals surface area (Å²) >= 11 is 0. The van der Waals surface area contributed by atoms with Crippen LogP contribution in [0.15, 0.2) is 0 Å². The fraction of sp³-hybridized carbons (Fsp3) is 1.00. The Bertz CT molecular complexity index is 368. The van der Waals surface area contributed by atoms with E-state index in [4.69, 9.17) is 4.74 Å². The Labute approximate surface area is 256 Å². The van der Waals surface area contributed by atoms with Crippen LogP contribution in [0.3, 0.4) is 0 Å². The van der Waals surface area contributed by atoms with Gasteiger partial charge in [0.05, 0.1) is 0 Å². The quantitative estimate of drug-likeness (QED) is 0.0682. The number of hydrogen-bond donors (Lipinski definition) is 0. The van der Waals surface area contributed by atoms with Crippen molar-refractivity contribution >= 4 is 0 Å². The summed E-state index contributed by atoms with van der Waals surface area (Å²) in [4.78, 5) is 0. The fourth-order valence-electron chi connectivity index (χ4n) is 6.14. The van der Waals surface area contributed by atoms with E-state index in [0.29, 0.717) is 0 Å². The Morgan fingerprint density at radius 3 is 0.525 bits per heavy atom. The first-order valence-electron chi connectivity index (χ1n) is 19.5. The van der Waals surface area contributed by atoms with E-state index in [9.17, 15) is 0 Å². The van der Waals surface area contributed by atoms with Gasteiger partial charge >= 0.3 is 0 Å². The molecule has 1 heteroatoms. The van der Waals surface area contributed by atoms with Crippen LogP contribution in [0.1, 0.15) is 239 Å². The minimum absolute atomic E-state index is 0.998. The van der Waals surface area contributed by atoms with Crippen LogP contribution in [-0.4, -0.2) is 13.2 Å². The van der Waals surface area contributed by atoms with E-state index in [0.717, 1.165) is 13.2 Å². The summed E-state index contributed by atoms with van der Waals surface area (Å²) in [6, 6.07) is 0. The lowest BCUT2D eigenvalue weighted by Gasteiger charge is -2.06. The van der Waals surface area contributed by atoms with Crippen molar-refractivity contribution in [1.29, 1.82) is 0 Å². The first-order valence-corrected chi connectivity index (χ1v) is 19.5. The predicted octanol–water partition coefficient (Wildman–Crippen LogP) is 14.7. The van der Waals surface area contributed by atoms with E-state index in [1.165, 1.54) is 225 Å². The van der Waals surface area contributed by atoms with Crippen molar-refractivity contribution in [3.63, 3.8) is 0 Å². The Balaban J connectivity index is 3.01. The molecule has 0 heterocycles. The molecule has 0 rings (SSSR count). The third kappa shape index (κ3) is 38.0. The minimum atomic E-state index is 0.998. The first kappa shape index (κ1) is 40.0. The van der Waals surface area contributed by atoms with Crippen LogP contribution in [0.2, 0.25) is 0 Å². The number of ether oxygens (including phenoxy) is 1. The number of unbranched alkanes of at least 4 members (excludes halogenated alkanes) is 33. The molecule has 40 heavy (non-hydrogen) atoms. The highest BCUT2D eigenvalue weighted by Gasteiger charge is 1.97. The van der Waals surface area contributed by atoms with E-state index in [2.05, 4.69) is 13.8 Å². The van der Waals surface area contributed by atoms with Crippen molar-refractivity contribution in [1.82, 2.24) is 0 Å². The zero-order chi connectivity index (χ0) is 28.9. The van der Waals surface area contributed by atoms with Crippen LogP contribution in [0.5, 0.6) is 0 Å². The topological polar surface area (TPSA) is 9.23 Å². The molecule has 0 amide bonds. The van der Waals surface area contributed by atoms with Crippen molar-refractivity contribution in [3.8, 4) is 0 Å². The van der Waals surface area contributed by atoms with Crippen molar-refractivity contribution in [2.24, 2.45) is 0 Å². The Hall–Kier alpha value is -0.0400. The molecule has 0 atom stereocenters. The van der Waals surface area contributed by atoms with Gasteiger partial charge in [-0.2, -0.15) is 0 Å². The van der Waals surface area contributed by atoms with Crippen LogP contribution >= 0.6 is 0 Å². The second-order valence-electron chi connectivity index (χ2n) is 13.3. The van der Waals surface area contributed by atoms with Crippen LogP contribution < -0.4 is 0 Å². The lowest BCUT2D eigenvalue weighted by Crippen LogP contribution is -1.97. The predicted molar refractivity (Wildman–Crippen MR) is 184 cm³/mol. The third-order valence-corrected chi connectivity index (χ3v) is 9.03. The van der Waals surface area contributed by atoms with Gasteiger partial charge in [-0.15, -0.1) is 0 Å². The van der Waals surface area contributed by atoms with E-state index in [1.54, 1.807) is 0 Å². The smallest absolute Gasteiger partial charge is 0.0466 e. The van der Waals surface area contributed by atoms with Gasteiger partial charge in [-0.3, -0.25) is 0 Å². The van der Waals surface area contributed by atoms with E-state index in [1.807, 2.05) is 0 Å². The van der Waals surface area contributed by atoms with Crippen molar-refractivity contribution in [2.75, 3.05) is 13.2 Å². The highest BCUT2D eigenvalue weighted by molar-refractivity contribution is 4.52. The normalized spacial score (nSPS) is 11.6. The molecule has 0 bridgehead atoms. The molecule has 0 aromatic carbocycles. The molecule has 242 valence electrons. The molecule has 0 aromatic rings. The molecule has 1 nitrogen and oxygen atoms in total. The number of hydrogen-bond acceptors (Lipinski definition) is 1. The zero-order valence-electron chi connectivity index (χ0n) is 28.6. The van der Waals surface area contributed by atoms with Gasteiger partial charge in [-0.25, -0.2) is 0 Å². The van der Waals surface area contributed by atoms with Gasteiger partial charge in [0.2, 0.25) is 0 Å². The van der Waals surface area contributed by atoms with Crippen molar-refractivity contribution in [3.05, 3.63) is 0 Å². The van der Waals surface area contributed by atoms with Gasteiger partial charge in [0.15, 0.2) is 0 Å². The molecule has 0 N–H and O–H groups in total. The molecule has 0 aliphatic carbocycles. The summed E-state index contributed by atoms with van der Waals surface area (Å²) in [6.45, 7) is 6.61. The molecule has 0 spiro atoms. The lowest BCUT2D eigenvalue weighted by atomic mass is 10.0. The molecule has 0 aromatic heterocycles. The van der Waals surface area contributed by atoms with E-state index >= 15 is 0 Å². The van der Waals surface area contributed by atoms with Crippen LogP contribution in [0, 0.1) is 0 Å². The Morgan fingerprint density at radius 2 is 0.350 bits per heavy atom. The van der Waals surface area contributed by atoms with Gasteiger partial charge in [-0.05, 0) is 12.8 Å². The largest absolute Gasteiger partial charge is 0.381 e. The molecule has 0 fully saturated rings. The van der Waals surface area contributed by atoms with Crippen LogP contribution in [-0.2, 0) is 4.74 Å². The highest BCUT2D eigenvalue weighted by atomic mass is 16.5. The van der Waals surface area contributed by atoms with Crippen LogP contribution in [0.4, 0.5) is 0 Å². The van der Waals surface area contributed by atoms with Crippen LogP contribution in [0.25, 0.3) is 0 Å². The summed E-state index contributed by atoms with van der Waals surface area (Å²) < 4.78 is 5.89. The summed E-state index contributed by atoms with van der Waals surface area (Å²) in [5.41, 5.74) is 0. The summed E-state index contributed by atoms with van der Waals surface area (Å²) in [5.74, 6) is 0. The van der Waals surface area contributed by atoms with E-state index in [-0.39, 0.29) is 0 Å². The molecular weight excluding hydrogens is 484 g/mol. The molecule has 0 unspecified atom stereocenters. The maximum Gasteiger partial charge on any atom is 0.0466 e. The van der Waals surface area contributed by atoms with E-state index < -0.39 is 0 Å². The first-order chi connectivity index (χ1) is 19.9. The third-order valence-electron chi connectivity index (χ3n) is 9.03. The number of rotatable bonds is 37. The zero-order valence-corrected chi connectivity index (χ0v) is 28.6. The Kier molecular flexibility index (Phi) is 38.9. The Morgan fingerprint density at radius 1 is 0.200 bits per heavy atom. The monoisotopic (exact) mass is 565 g/mol. The summed E-state index contributed by atoms with van der Waals surface area (Å²) in [6.07, 6.45) is 50.5. The molecule has 0 saturated heterocycles. The SMILES string of the molecule is CCCCCCCCCCCCCCCCCCCCOCCCCCCCCCCCCCCCCCCC. The molecule has 0 radical (unpaired) electrons. The van der Waals surface area contributed by atoms with Crippen molar-refractivity contribution < 1.29 is 4.74 Å². The maximum atomic E-state index is 5.89. The second kappa shape index (κ2) is 39.0. The summed E-state index contributed by atoms with van der Waals surface area (Å²) in [7, 11) is 0. The molecule has 0 aliphatic heterocycles. The average molecular weight is 565 g/mol. The van der Waals surface area contributed by atoms with Crippen molar-refractivity contribution in [2.45, 2.75) is 239 Å². The lowest BCUT2D eigenvalue weighted by molar-refractivity contribution is 0.125. The molecule has 0 saturated carbocycles. The van der Waals surface area contributed by atoms with Gasteiger partial charge in [0.25, 0.3) is 0 Å².